The molecule has 2 aromatic carbocycles. The summed E-state index contributed by atoms with van der Waals surface area (Å²) >= 11 is 5.98. The Hall–Kier alpha value is -2.92. The Bertz CT molecular complexity index is 1030. The Kier molecular flexibility index (Phi) is 5.96. The van der Waals surface area contributed by atoms with Crippen LogP contribution in [0.3, 0.4) is 0 Å². The van der Waals surface area contributed by atoms with Gasteiger partial charge in [-0.05, 0) is 56.0 Å². The molecule has 0 aromatic heterocycles. The summed E-state index contributed by atoms with van der Waals surface area (Å²) in [6.07, 6.45) is 3.56. The van der Waals surface area contributed by atoms with E-state index in [1.807, 2.05) is 36.4 Å². The van der Waals surface area contributed by atoms with Crippen LogP contribution in [0.4, 0.5) is 5.69 Å². The zero-order chi connectivity index (χ0) is 22.0. The number of carbonyl (C=O) groups is 3. The highest BCUT2D eigenvalue weighted by Crippen LogP contribution is 2.50. The number of rotatable bonds is 4. The van der Waals surface area contributed by atoms with Gasteiger partial charge >= 0.3 is 5.97 Å². The van der Waals surface area contributed by atoms with Crippen molar-refractivity contribution < 1.29 is 19.1 Å². The highest BCUT2D eigenvalue weighted by atomic mass is 35.5. The van der Waals surface area contributed by atoms with Crippen LogP contribution in [0, 0.1) is 5.41 Å². The fourth-order valence-corrected chi connectivity index (χ4v) is 4.74. The van der Waals surface area contributed by atoms with Crippen LogP contribution in [0.2, 0.25) is 5.02 Å². The number of nitrogens with zero attached hydrogens (tertiary/aromatic N) is 1. The lowest BCUT2D eigenvalue weighted by atomic mass is 9.64. The Morgan fingerprint density at radius 2 is 1.81 bits per heavy atom. The zero-order valence-corrected chi connectivity index (χ0v) is 18.1. The van der Waals surface area contributed by atoms with Gasteiger partial charge in [-0.2, -0.15) is 0 Å². The molecule has 1 spiro atoms. The van der Waals surface area contributed by atoms with Crippen LogP contribution in [0.25, 0.3) is 0 Å². The second-order valence-electron chi connectivity index (χ2n) is 7.95. The van der Waals surface area contributed by atoms with E-state index in [-0.39, 0.29) is 30.8 Å². The van der Waals surface area contributed by atoms with E-state index in [0.717, 1.165) is 5.56 Å². The number of hydrogen-bond acceptors (Lipinski definition) is 4. The van der Waals surface area contributed by atoms with Gasteiger partial charge in [0.2, 0.25) is 11.8 Å². The average molecular weight is 438 g/mol. The van der Waals surface area contributed by atoms with Crippen LogP contribution < -0.4 is 4.90 Å². The molecule has 1 aliphatic carbocycles. The fourth-order valence-electron chi connectivity index (χ4n) is 4.62. The monoisotopic (exact) mass is 437 g/mol. The molecule has 1 aliphatic heterocycles. The molecule has 0 saturated carbocycles. The Labute approximate surface area is 186 Å². The summed E-state index contributed by atoms with van der Waals surface area (Å²) in [5.74, 6) is -1.11. The zero-order valence-electron chi connectivity index (χ0n) is 17.3. The molecule has 2 amide bonds. The van der Waals surface area contributed by atoms with Gasteiger partial charge < -0.3 is 4.74 Å². The number of hydrogen-bond donors (Lipinski definition) is 0. The second kappa shape index (κ2) is 8.67. The van der Waals surface area contributed by atoms with E-state index in [9.17, 15) is 14.4 Å². The van der Waals surface area contributed by atoms with Crippen molar-refractivity contribution in [2.24, 2.45) is 5.41 Å². The number of ether oxygens (including phenoxy) is 1. The van der Waals surface area contributed by atoms with Crippen LogP contribution in [0.1, 0.15) is 44.1 Å². The van der Waals surface area contributed by atoms with Gasteiger partial charge in [0, 0.05) is 22.9 Å². The number of carbonyl (C=O) groups excluding carboxylic acids is 3. The number of halogens is 1. The molecular formula is C25H24ClNO4. The van der Waals surface area contributed by atoms with Gasteiger partial charge in [-0.1, -0.05) is 48.0 Å². The van der Waals surface area contributed by atoms with Crippen molar-refractivity contribution >= 4 is 35.1 Å². The third-order valence-electron chi connectivity index (χ3n) is 6.20. The molecule has 0 bridgehead atoms. The second-order valence-corrected chi connectivity index (χ2v) is 8.39. The number of benzene rings is 2. The number of amides is 2. The molecule has 1 fully saturated rings. The van der Waals surface area contributed by atoms with Gasteiger partial charge in [0.1, 0.15) is 0 Å². The van der Waals surface area contributed by atoms with E-state index in [2.05, 4.69) is 0 Å². The molecule has 2 aliphatic rings. The summed E-state index contributed by atoms with van der Waals surface area (Å²) in [5.41, 5.74) is 0.858. The van der Waals surface area contributed by atoms with E-state index < -0.39 is 11.4 Å². The summed E-state index contributed by atoms with van der Waals surface area (Å²) in [6.45, 7) is 1.96. The first-order valence-corrected chi connectivity index (χ1v) is 10.9. The minimum absolute atomic E-state index is 0.0145. The normalized spacial score (nSPS) is 23.6. The first-order chi connectivity index (χ1) is 15.0. The summed E-state index contributed by atoms with van der Waals surface area (Å²) in [6, 6.07) is 16.5. The molecule has 160 valence electrons. The van der Waals surface area contributed by atoms with Gasteiger partial charge in [0.15, 0.2) is 0 Å². The predicted octanol–water partition coefficient (Wildman–Crippen LogP) is 5.05. The molecule has 1 saturated heterocycles. The van der Waals surface area contributed by atoms with E-state index in [4.69, 9.17) is 16.3 Å². The first kappa shape index (κ1) is 21.3. The van der Waals surface area contributed by atoms with Gasteiger partial charge in [-0.25, -0.2) is 9.69 Å². The third kappa shape index (κ3) is 3.90. The minimum Gasteiger partial charge on any atom is -0.463 e. The molecule has 2 aromatic rings. The Morgan fingerprint density at radius 3 is 2.48 bits per heavy atom. The predicted molar refractivity (Wildman–Crippen MR) is 119 cm³/mol. The molecule has 2 atom stereocenters. The number of imide groups is 1. The Balaban J connectivity index is 1.77. The maximum atomic E-state index is 13.8. The summed E-state index contributed by atoms with van der Waals surface area (Å²) in [5, 5.41) is 0.519. The first-order valence-electron chi connectivity index (χ1n) is 10.5. The lowest BCUT2D eigenvalue weighted by Crippen LogP contribution is -2.54. The highest BCUT2D eigenvalue weighted by Gasteiger charge is 2.53. The molecular weight excluding hydrogens is 414 g/mol. The maximum absolute atomic E-state index is 13.8. The Morgan fingerprint density at radius 1 is 1.10 bits per heavy atom. The summed E-state index contributed by atoms with van der Waals surface area (Å²) in [7, 11) is 0. The van der Waals surface area contributed by atoms with E-state index in [1.165, 1.54) is 4.90 Å². The number of anilines is 1. The van der Waals surface area contributed by atoms with Crippen LogP contribution in [0.5, 0.6) is 0 Å². The third-order valence-corrected chi connectivity index (χ3v) is 6.45. The van der Waals surface area contributed by atoms with Crippen LogP contribution in [-0.2, 0) is 19.1 Å². The maximum Gasteiger partial charge on any atom is 0.334 e. The van der Waals surface area contributed by atoms with Gasteiger partial charge in [-0.3, -0.25) is 9.59 Å². The van der Waals surface area contributed by atoms with Gasteiger partial charge in [0.25, 0.3) is 0 Å². The topological polar surface area (TPSA) is 63.7 Å². The van der Waals surface area contributed by atoms with Crippen LogP contribution in [-0.4, -0.2) is 24.4 Å². The lowest BCUT2D eigenvalue weighted by Gasteiger charge is -2.44. The van der Waals surface area contributed by atoms with Crippen molar-refractivity contribution in [3.8, 4) is 0 Å². The molecule has 5 nitrogen and oxygen atoms in total. The molecule has 6 heteroatoms. The average Bonchev–Trinajstić information content (AvgIpc) is 2.79. The van der Waals surface area contributed by atoms with Crippen LogP contribution in [0.15, 0.2) is 66.2 Å². The largest absolute Gasteiger partial charge is 0.463 e. The van der Waals surface area contributed by atoms with Crippen molar-refractivity contribution in [3.63, 3.8) is 0 Å². The van der Waals surface area contributed by atoms with E-state index >= 15 is 0 Å². The van der Waals surface area contributed by atoms with E-state index in [0.29, 0.717) is 35.5 Å². The molecule has 31 heavy (non-hydrogen) atoms. The lowest BCUT2D eigenvalue weighted by molar-refractivity contribution is -0.145. The smallest absolute Gasteiger partial charge is 0.334 e. The minimum atomic E-state index is -1.06. The van der Waals surface area contributed by atoms with Crippen molar-refractivity contribution in [2.75, 3.05) is 11.5 Å². The van der Waals surface area contributed by atoms with Crippen LogP contribution >= 0.6 is 11.6 Å². The van der Waals surface area contributed by atoms with Crippen molar-refractivity contribution in [2.45, 2.75) is 38.5 Å². The quantitative estimate of drug-likeness (QED) is 0.496. The van der Waals surface area contributed by atoms with Crippen molar-refractivity contribution in [3.05, 3.63) is 76.8 Å². The van der Waals surface area contributed by atoms with Crippen molar-refractivity contribution in [1.82, 2.24) is 0 Å². The molecule has 0 radical (unpaired) electrons. The molecule has 2 unspecified atom stereocenters. The number of esters is 1. The summed E-state index contributed by atoms with van der Waals surface area (Å²) < 4.78 is 5.34. The van der Waals surface area contributed by atoms with Gasteiger partial charge in [-0.15, -0.1) is 0 Å². The molecule has 0 N–H and O–H groups in total. The SMILES string of the molecule is CCOC(=O)C1=CC(c2ccccc2)CCC12CCC(=O)N(c1ccc(Cl)cc1)C2=O. The van der Waals surface area contributed by atoms with Gasteiger partial charge in [0.05, 0.1) is 17.7 Å². The number of piperidine rings is 1. The number of allylic oxidation sites excluding steroid dienone is 1. The standard InChI is InChI=1S/C25H24ClNO4/c1-2-31-23(29)21-16-18(17-6-4-3-5-7-17)12-14-25(21)15-13-22(28)27(24(25)30)20-10-8-19(26)9-11-20/h3-11,16,18H,2,12-15H2,1H3. The molecule has 4 rings (SSSR count). The summed E-state index contributed by atoms with van der Waals surface area (Å²) in [4.78, 5) is 40.7. The van der Waals surface area contributed by atoms with Crippen molar-refractivity contribution in [1.29, 1.82) is 0 Å². The fraction of sp³-hybridized carbons (Fsp3) is 0.320. The van der Waals surface area contributed by atoms with E-state index in [1.54, 1.807) is 31.2 Å². The highest BCUT2D eigenvalue weighted by molar-refractivity contribution is 6.30. The molecule has 1 heterocycles.